The van der Waals surface area contributed by atoms with Crippen LogP contribution < -0.4 is 0 Å². The predicted octanol–water partition coefficient (Wildman–Crippen LogP) is 4.47. The maximum absolute atomic E-state index is 13.2. The highest BCUT2D eigenvalue weighted by Crippen LogP contribution is 2.40. The van der Waals surface area contributed by atoms with E-state index in [-0.39, 0.29) is 11.4 Å². The minimum Gasteiger partial charge on any atom is -0.386 e. The van der Waals surface area contributed by atoms with Gasteiger partial charge < -0.3 is 9.67 Å². The molecule has 0 amide bonds. The van der Waals surface area contributed by atoms with E-state index in [1.807, 2.05) is 13.8 Å². The highest BCUT2D eigenvalue weighted by atomic mass is 19.4. The molecule has 0 aliphatic carbocycles. The van der Waals surface area contributed by atoms with Gasteiger partial charge in [-0.15, -0.1) is 0 Å². The SMILES string of the molecule is CC(C)n1cc(C(C)(C)O)c2c(C(F)(F)F)cccc21. The first-order valence-electron chi connectivity index (χ1n) is 6.47. The van der Waals surface area contributed by atoms with E-state index in [1.165, 1.54) is 19.9 Å². The average Bonchev–Trinajstić information content (AvgIpc) is 2.65. The molecule has 0 unspecified atom stereocenters. The second kappa shape index (κ2) is 4.52. The summed E-state index contributed by atoms with van der Waals surface area (Å²) in [6, 6.07) is 4.12. The maximum atomic E-state index is 13.2. The molecule has 2 rings (SSSR count). The van der Waals surface area contributed by atoms with Crippen LogP contribution in [0.3, 0.4) is 0 Å². The molecule has 1 aromatic heterocycles. The third kappa shape index (κ3) is 2.42. The summed E-state index contributed by atoms with van der Waals surface area (Å²) in [6.07, 6.45) is -2.83. The van der Waals surface area contributed by atoms with E-state index in [9.17, 15) is 18.3 Å². The maximum Gasteiger partial charge on any atom is 0.417 e. The Morgan fingerprint density at radius 1 is 1.10 bits per heavy atom. The minimum absolute atomic E-state index is 0.0112. The molecule has 0 aliphatic heterocycles. The van der Waals surface area contributed by atoms with E-state index in [0.29, 0.717) is 11.1 Å². The number of halogens is 3. The van der Waals surface area contributed by atoms with Crippen molar-refractivity contribution in [3.05, 3.63) is 35.5 Å². The van der Waals surface area contributed by atoms with Crippen molar-refractivity contribution in [1.29, 1.82) is 0 Å². The molecule has 0 fully saturated rings. The Morgan fingerprint density at radius 2 is 1.70 bits per heavy atom. The first kappa shape index (κ1) is 14.9. The topological polar surface area (TPSA) is 25.2 Å². The van der Waals surface area contributed by atoms with E-state index in [1.54, 1.807) is 16.8 Å². The number of alkyl halides is 3. The van der Waals surface area contributed by atoms with Gasteiger partial charge in [-0.05, 0) is 39.8 Å². The quantitative estimate of drug-likeness (QED) is 0.865. The zero-order valence-electron chi connectivity index (χ0n) is 11.9. The smallest absolute Gasteiger partial charge is 0.386 e. The lowest BCUT2D eigenvalue weighted by molar-refractivity contribution is -0.136. The van der Waals surface area contributed by atoms with E-state index < -0.39 is 17.3 Å². The van der Waals surface area contributed by atoms with Gasteiger partial charge in [-0.3, -0.25) is 0 Å². The minimum atomic E-state index is -4.44. The van der Waals surface area contributed by atoms with Crippen LogP contribution in [0.15, 0.2) is 24.4 Å². The monoisotopic (exact) mass is 285 g/mol. The standard InChI is InChI=1S/C15H18F3NO/c1-9(2)19-8-11(14(3,4)20)13-10(15(16,17)18)6-5-7-12(13)19/h5-9,20H,1-4H3. The van der Waals surface area contributed by atoms with Crippen LogP contribution in [-0.4, -0.2) is 9.67 Å². The van der Waals surface area contributed by atoms with Gasteiger partial charge >= 0.3 is 6.18 Å². The Bertz CT molecular complexity index is 633. The first-order chi connectivity index (χ1) is 9.03. The first-order valence-corrected chi connectivity index (χ1v) is 6.47. The number of benzene rings is 1. The van der Waals surface area contributed by atoms with Crippen molar-refractivity contribution in [2.45, 2.75) is 45.5 Å². The Hall–Kier alpha value is -1.49. The zero-order valence-corrected chi connectivity index (χ0v) is 11.9. The van der Waals surface area contributed by atoms with E-state index in [2.05, 4.69) is 0 Å². The second-order valence-corrected chi connectivity index (χ2v) is 5.80. The summed E-state index contributed by atoms with van der Waals surface area (Å²) in [4.78, 5) is 0. The Morgan fingerprint density at radius 3 is 2.15 bits per heavy atom. The number of nitrogens with zero attached hydrogens (tertiary/aromatic N) is 1. The van der Waals surface area contributed by atoms with E-state index >= 15 is 0 Å². The molecule has 0 saturated carbocycles. The van der Waals surface area contributed by atoms with Crippen molar-refractivity contribution in [3.8, 4) is 0 Å². The molecule has 1 aromatic carbocycles. The average molecular weight is 285 g/mol. The molecule has 5 heteroatoms. The summed E-state index contributed by atoms with van der Waals surface area (Å²) < 4.78 is 41.4. The van der Waals surface area contributed by atoms with Crippen molar-refractivity contribution < 1.29 is 18.3 Å². The van der Waals surface area contributed by atoms with Gasteiger partial charge in [0.1, 0.15) is 0 Å². The van der Waals surface area contributed by atoms with Gasteiger partial charge in [0.15, 0.2) is 0 Å². The van der Waals surface area contributed by atoms with Crippen LogP contribution in [0, 0.1) is 0 Å². The second-order valence-electron chi connectivity index (χ2n) is 5.80. The summed E-state index contributed by atoms with van der Waals surface area (Å²) in [7, 11) is 0. The molecule has 0 spiro atoms. The fourth-order valence-electron chi connectivity index (χ4n) is 2.44. The largest absolute Gasteiger partial charge is 0.417 e. The molecule has 0 bridgehead atoms. The predicted molar refractivity (Wildman–Crippen MR) is 72.6 cm³/mol. The molecule has 0 saturated heterocycles. The van der Waals surface area contributed by atoms with Crippen LogP contribution in [0.25, 0.3) is 10.9 Å². The summed E-state index contributed by atoms with van der Waals surface area (Å²) in [5.74, 6) is 0. The van der Waals surface area contributed by atoms with Gasteiger partial charge in [-0.1, -0.05) is 6.07 Å². The Kier molecular flexibility index (Phi) is 3.37. The summed E-state index contributed by atoms with van der Waals surface area (Å²) in [5, 5.41) is 10.3. The molecule has 0 atom stereocenters. The Balaban J connectivity index is 2.93. The fraction of sp³-hybridized carbons (Fsp3) is 0.467. The van der Waals surface area contributed by atoms with Gasteiger partial charge in [0.05, 0.1) is 11.2 Å². The molecule has 20 heavy (non-hydrogen) atoms. The number of hydrogen-bond donors (Lipinski definition) is 1. The van der Waals surface area contributed by atoms with Crippen LogP contribution in [0.4, 0.5) is 13.2 Å². The fourth-order valence-corrected chi connectivity index (χ4v) is 2.44. The van der Waals surface area contributed by atoms with Crippen molar-refractivity contribution in [2.75, 3.05) is 0 Å². The van der Waals surface area contributed by atoms with Gasteiger partial charge in [-0.2, -0.15) is 13.2 Å². The number of fused-ring (bicyclic) bond motifs is 1. The summed E-state index contributed by atoms with van der Waals surface area (Å²) in [6.45, 7) is 6.79. The van der Waals surface area contributed by atoms with Crippen LogP contribution >= 0.6 is 0 Å². The third-order valence-corrected chi connectivity index (χ3v) is 3.38. The Labute approximate surface area is 115 Å². The number of hydrogen-bond acceptors (Lipinski definition) is 1. The third-order valence-electron chi connectivity index (χ3n) is 3.38. The van der Waals surface area contributed by atoms with Crippen LogP contribution in [-0.2, 0) is 11.8 Å². The van der Waals surface area contributed by atoms with Gasteiger partial charge in [0, 0.05) is 28.7 Å². The molecule has 1 N–H and O–H groups in total. The molecular weight excluding hydrogens is 267 g/mol. The van der Waals surface area contributed by atoms with Gasteiger partial charge in [0.2, 0.25) is 0 Å². The number of aromatic nitrogens is 1. The normalized spacial score (nSPS) is 13.4. The highest BCUT2D eigenvalue weighted by molar-refractivity contribution is 5.88. The van der Waals surface area contributed by atoms with Crippen LogP contribution in [0.1, 0.15) is 44.9 Å². The summed E-state index contributed by atoms with van der Waals surface area (Å²) in [5.41, 5.74) is -1.24. The molecule has 0 aliphatic rings. The van der Waals surface area contributed by atoms with E-state index in [0.717, 1.165) is 6.07 Å². The van der Waals surface area contributed by atoms with Crippen LogP contribution in [0.5, 0.6) is 0 Å². The lowest BCUT2D eigenvalue weighted by Gasteiger charge is -2.18. The highest BCUT2D eigenvalue weighted by Gasteiger charge is 2.36. The van der Waals surface area contributed by atoms with E-state index in [4.69, 9.17) is 0 Å². The lowest BCUT2D eigenvalue weighted by Crippen LogP contribution is -2.16. The van der Waals surface area contributed by atoms with Crippen molar-refractivity contribution in [3.63, 3.8) is 0 Å². The molecule has 1 heterocycles. The van der Waals surface area contributed by atoms with Crippen molar-refractivity contribution in [2.24, 2.45) is 0 Å². The summed E-state index contributed by atoms with van der Waals surface area (Å²) >= 11 is 0. The number of aliphatic hydroxyl groups is 1. The molecule has 2 nitrogen and oxygen atoms in total. The van der Waals surface area contributed by atoms with Crippen molar-refractivity contribution in [1.82, 2.24) is 4.57 Å². The zero-order chi connectivity index (χ0) is 15.3. The van der Waals surface area contributed by atoms with Gasteiger partial charge in [-0.25, -0.2) is 0 Å². The van der Waals surface area contributed by atoms with Crippen molar-refractivity contribution >= 4 is 10.9 Å². The molecule has 0 radical (unpaired) electrons. The molecular formula is C15H18F3NO. The number of rotatable bonds is 2. The van der Waals surface area contributed by atoms with Crippen LogP contribution in [0.2, 0.25) is 0 Å². The molecule has 2 aromatic rings. The van der Waals surface area contributed by atoms with Gasteiger partial charge in [0.25, 0.3) is 0 Å². The molecule has 110 valence electrons. The lowest BCUT2D eigenvalue weighted by atomic mass is 9.95.